The van der Waals surface area contributed by atoms with Crippen molar-refractivity contribution < 1.29 is 14.7 Å². The average Bonchev–Trinajstić information content (AvgIpc) is 2.84. The quantitative estimate of drug-likeness (QED) is 0.350. The molecule has 0 fully saturated rings. The van der Waals surface area contributed by atoms with Gasteiger partial charge in [0.15, 0.2) is 0 Å². The Kier molecular flexibility index (Phi) is 6.32. The SMILES string of the molecule is Cc1ccc(N(C)C(=O)c2ccccc2NC(=O)c2ccccc2-c2ccccc2N)c(O)c1. The number of aromatic hydroxyl groups is 1. The number of nitrogens with one attached hydrogen (secondary N) is 1. The van der Waals surface area contributed by atoms with Crippen molar-refractivity contribution >= 4 is 28.9 Å². The molecule has 0 spiro atoms. The number of carbonyl (C=O) groups is 2. The molecule has 4 aromatic rings. The van der Waals surface area contributed by atoms with Crippen molar-refractivity contribution in [3.63, 3.8) is 0 Å². The topological polar surface area (TPSA) is 95.7 Å². The molecule has 0 bridgehead atoms. The molecule has 170 valence electrons. The number of anilines is 3. The molecule has 0 saturated heterocycles. The molecule has 0 aliphatic carbocycles. The molecule has 6 nitrogen and oxygen atoms in total. The standard InChI is InChI=1S/C28H25N3O3/c1-18-15-16-25(26(32)17-18)31(2)28(34)22-12-6-8-14-24(22)30-27(33)21-11-4-3-9-19(21)20-10-5-7-13-23(20)29/h3-17,32H,29H2,1-2H3,(H,30,33). The summed E-state index contributed by atoms with van der Waals surface area (Å²) in [5.41, 5.74) is 10.5. The van der Waals surface area contributed by atoms with Crippen molar-refractivity contribution in [2.75, 3.05) is 23.0 Å². The van der Waals surface area contributed by atoms with E-state index in [1.165, 1.54) is 4.90 Å². The normalized spacial score (nSPS) is 10.5. The molecule has 6 heteroatoms. The lowest BCUT2D eigenvalue weighted by molar-refractivity contribution is 0.0993. The smallest absolute Gasteiger partial charge is 0.260 e. The van der Waals surface area contributed by atoms with Crippen LogP contribution in [0.25, 0.3) is 11.1 Å². The third-order valence-corrected chi connectivity index (χ3v) is 5.63. The molecule has 4 aromatic carbocycles. The summed E-state index contributed by atoms with van der Waals surface area (Å²) in [6.45, 7) is 1.86. The van der Waals surface area contributed by atoms with Crippen molar-refractivity contribution in [3.8, 4) is 16.9 Å². The first-order valence-corrected chi connectivity index (χ1v) is 10.8. The van der Waals surface area contributed by atoms with Crippen LogP contribution in [0, 0.1) is 6.92 Å². The maximum absolute atomic E-state index is 13.3. The first-order chi connectivity index (χ1) is 16.4. The zero-order valence-corrected chi connectivity index (χ0v) is 18.9. The van der Waals surface area contributed by atoms with Crippen LogP contribution >= 0.6 is 0 Å². The number of hydrogen-bond donors (Lipinski definition) is 3. The van der Waals surface area contributed by atoms with Crippen LogP contribution in [0.5, 0.6) is 5.75 Å². The van der Waals surface area contributed by atoms with Crippen LogP contribution in [0.4, 0.5) is 17.1 Å². The van der Waals surface area contributed by atoms with E-state index in [1.54, 1.807) is 61.6 Å². The number of carbonyl (C=O) groups excluding carboxylic acids is 2. The minimum Gasteiger partial charge on any atom is -0.506 e. The third kappa shape index (κ3) is 4.47. The molecular formula is C28H25N3O3. The number of nitrogens with zero attached hydrogens (tertiary/aromatic N) is 1. The first-order valence-electron chi connectivity index (χ1n) is 10.8. The van der Waals surface area contributed by atoms with Crippen LogP contribution in [0.1, 0.15) is 26.3 Å². The van der Waals surface area contributed by atoms with Crippen LogP contribution in [0.2, 0.25) is 0 Å². The molecule has 34 heavy (non-hydrogen) atoms. The van der Waals surface area contributed by atoms with Gasteiger partial charge in [0.25, 0.3) is 11.8 Å². The Bertz CT molecular complexity index is 1380. The Morgan fingerprint density at radius 1 is 0.824 bits per heavy atom. The number of para-hydroxylation sites is 2. The van der Waals surface area contributed by atoms with Gasteiger partial charge in [0, 0.05) is 23.9 Å². The largest absolute Gasteiger partial charge is 0.506 e. The molecule has 0 saturated carbocycles. The van der Waals surface area contributed by atoms with Gasteiger partial charge in [-0.2, -0.15) is 0 Å². The zero-order chi connectivity index (χ0) is 24.2. The van der Waals surface area contributed by atoms with E-state index < -0.39 is 0 Å². The molecule has 4 rings (SSSR count). The van der Waals surface area contributed by atoms with E-state index in [0.717, 1.165) is 11.1 Å². The fraction of sp³-hybridized carbons (Fsp3) is 0.0714. The van der Waals surface area contributed by atoms with Crippen LogP contribution in [0.15, 0.2) is 91.0 Å². The number of benzene rings is 4. The number of nitrogens with two attached hydrogens (primary N) is 1. The molecule has 0 atom stereocenters. The van der Waals surface area contributed by atoms with Crippen LogP contribution in [-0.2, 0) is 0 Å². The van der Waals surface area contributed by atoms with E-state index in [0.29, 0.717) is 33.8 Å². The number of phenolic OH excluding ortho intramolecular Hbond substituents is 1. The second-order valence-electron chi connectivity index (χ2n) is 7.99. The van der Waals surface area contributed by atoms with Crippen molar-refractivity contribution in [3.05, 3.63) is 108 Å². The Morgan fingerprint density at radius 2 is 1.44 bits per heavy atom. The molecule has 0 aliphatic heterocycles. The molecule has 2 amide bonds. The van der Waals surface area contributed by atoms with E-state index in [4.69, 9.17) is 5.73 Å². The number of amides is 2. The van der Waals surface area contributed by atoms with Crippen molar-refractivity contribution in [1.82, 2.24) is 0 Å². The highest BCUT2D eigenvalue weighted by Crippen LogP contribution is 2.31. The van der Waals surface area contributed by atoms with Crippen LogP contribution in [-0.4, -0.2) is 24.0 Å². The summed E-state index contributed by atoms with van der Waals surface area (Å²) in [4.78, 5) is 28.0. The van der Waals surface area contributed by atoms with E-state index >= 15 is 0 Å². The second kappa shape index (κ2) is 9.50. The molecule has 0 aromatic heterocycles. The Hall–Kier alpha value is -4.58. The van der Waals surface area contributed by atoms with E-state index in [2.05, 4.69) is 5.32 Å². The van der Waals surface area contributed by atoms with Gasteiger partial charge in [0.1, 0.15) is 5.75 Å². The number of phenols is 1. The number of aryl methyl sites for hydroxylation is 1. The maximum Gasteiger partial charge on any atom is 0.260 e. The van der Waals surface area contributed by atoms with Gasteiger partial charge in [0.05, 0.1) is 16.9 Å². The number of rotatable bonds is 5. The molecular weight excluding hydrogens is 426 g/mol. The van der Waals surface area contributed by atoms with Crippen molar-refractivity contribution in [1.29, 1.82) is 0 Å². The molecule has 4 N–H and O–H groups in total. The summed E-state index contributed by atoms with van der Waals surface area (Å²) in [5.74, 6) is -0.720. The summed E-state index contributed by atoms with van der Waals surface area (Å²) in [6.07, 6.45) is 0. The molecule has 0 aliphatic rings. The van der Waals surface area contributed by atoms with E-state index in [-0.39, 0.29) is 17.6 Å². The van der Waals surface area contributed by atoms with Gasteiger partial charge in [-0.3, -0.25) is 9.59 Å². The van der Waals surface area contributed by atoms with Gasteiger partial charge in [-0.15, -0.1) is 0 Å². The summed E-state index contributed by atoms with van der Waals surface area (Å²) in [5, 5.41) is 13.2. The van der Waals surface area contributed by atoms with Gasteiger partial charge in [-0.25, -0.2) is 0 Å². The summed E-state index contributed by atoms with van der Waals surface area (Å²) in [7, 11) is 1.58. The lowest BCUT2D eigenvalue weighted by atomic mass is 9.97. The highest BCUT2D eigenvalue weighted by Gasteiger charge is 2.21. The summed E-state index contributed by atoms with van der Waals surface area (Å²) < 4.78 is 0. The predicted octanol–water partition coefficient (Wildman–Crippen LogP) is 5.48. The number of hydrogen-bond acceptors (Lipinski definition) is 4. The van der Waals surface area contributed by atoms with E-state index in [9.17, 15) is 14.7 Å². The fourth-order valence-electron chi connectivity index (χ4n) is 3.83. The zero-order valence-electron chi connectivity index (χ0n) is 18.9. The lowest BCUT2D eigenvalue weighted by Crippen LogP contribution is -2.28. The second-order valence-corrected chi connectivity index (χ2v) is 7.99. The van der Waals surface area contributed by atoms with Crippen LogP contribution in [0.3, 0.4) is 0 Å². The third-order valence-electron chi connectivity index (χ3n) is 5.63. The fourth-order valence-corrected chi connectivity index (χ4v) is 3.83. The highest BCUT2D eigenvalue weighted by atomic mass is 16.3. The van der Waals surface area contributed by atoms with Gasteiger partial charge in [-0.1, -0.05) is 54.6 Å². The molecule has 0 heterocycles. The summed E-state index contributed by atoms with van der Waals surface area (Å²) in [6, 6.07) is 26.4. The van der Waals surface area contributed by atoms with Crippen molar-refractivity contribution in [2.24, 2.45) is 0 Å². The van der Waals surface area contributed by atoms with Gasteiger partial charge in [0.2, 0.25) is 0 Å². The average molecular weight is 452 g/mol. The van der Waals surface area contributed by atoms with Gasteiger partial charge in [-0.05, 0) is 54.4 Å². The maximum atomic E-state index is 13.3. The minimum absolute atomic E-state index is 0.00624. The van der Waals surface area contributed by atoms with E-state index in [1.807, 2.05) is 43.3 Å². The Morgan fingerprint density at radius 3 is 2.15 bits per heavy atom. The van der Waals surface area contributed by atoms with Gasteiger partial charge < -0.3 is 21.1 Å². The molecule has 0 radical (unpaired) electrons. The van der Waals surface area contributed by atoms with Crippen LogP contribution < -0.4 is 16.0 Å². The van der Waals surface area contributed by atoms with Gasteiger partial charge >= 0.3 is 0 Å². The lowest BCUT2D eigenvalue weighted by Gasteiger charge is -2.21. The first kappa shape index (κ1) is 22.6. The number of nitrogen functional groups attached to an aromatic ring is 1. The predicted molar refractivity (Wildman–Crippen MR) is 136 cm³/mol. The monoisotopic (exact) mass is 451 g/mol. The van der Waals surface area contributed by atoms with Crippen molar-refractivity contribution in [2.45, 2.75) is 6.92 Å². The Balaban J connectivity index is 1.66. The molecule has 0 unspecified atom stereocenters. The highest BCUT2D eigenvalue weighted by molar-refractivity contribution is 6.15. The minimum atomic E-state index is -0.365. The summed E-state index contributed by atoms with van der Waals surface area (Å²) >= 11 is 0. The Labute approximate surface area is 198 Å².